The number of hydrogen-bond donors (Lipinski definition) is 2. The maximum Gasteiger partial charge on any atom is 0.272 e. The number of hydrogen-bond acceptors (Lipinski definition) is 7. The molecule has 2 aromatic heterocycles. The number of alkyl halides is 2. The summed E-state index contributed by atoms with van der Waals surface area (Å²) in [5, 5.41) is 19.2. The molecule has 0 radical (unpaired) electrons. The molecule has 1 unspecified atom stereocenters. The number of aliphatic hydroxyl groups excluding tert-OH is 1. The molecular formula is C25H29ClF2N6O2. The third-order valence-corrected chi connectivity index (χ3v) is 8.45. The minimum atomic E-state index is -2.69. The van der Waals surface area contributed by atoms with Gasteiger partial charge in [-0.2, -0.15) is 5.10 Å². The number of anilines is 2. The molecule has 8 nitrogen and oxygen atoms in total. The van der Waals surface area contributed by atoms with Gasteiger partial charge in [0.05, 0.1) is 48.0 Å². The van der Waals surface area contributed by atoms with Crippen LogP contribution in [0, 0.1) is 6.92 Å². The highest BCUT2D eigenvalue weighted by molar-refractivity contribution is 6.32. The van der Waals surface area contributed by atoms with Crippen LogP contribution in [0.3, 0.4) is 0 Å². The number of halogens is 3. The van der Waals surface area contributed by atoms with Crippen molar-refractivity contribution in [1.29, 1.82) is 0 Å². The predicted molar refractivity (Wildman–Crippen MR) is 132 cm³/mol. The van der Waals surface area contributed by atoms with Gasteiger partial charge in [0.25, 0.3) is 5.92 Å². The van der Waals surface area contributed by atoms with E-state index >= 15 is 0 Å². The van der Waals surface area contributed by atoms with E-state index in [4.69, 9.17) is 16.3 Å². The summed E-state index contributed by atoms with van der Waals surface area (Å²) in [4.78, 5) is 11.4. The maximum atomic E-state index is 13.5. The van der Waals surface area contributed by atoms with Crippen molar-refractivity contribution in [1.82, 2.24) is 24.6 Å². The van der Waals surface area contributed by atoms with Gasteiger partial charge in [-0.3, -0.25) is 9.58 Å². The SMILES string of the molecule is Cc1c(Nc2ncc3cc(Cl)c(C4CCN([C@]5(C)COC[C@@H]5O)CC4)cc3n2)cnn1C1CC1(F)F. The number of aromatic nitrogens is 4. The Morgan fingerprint density at radius 1 is 1.22 bits per heavy atom. The van der Waals surface area contributed by atoms with Gasteiger partial charge in [-0.15, -0.1) is 0 Å². The quantitative estimate of drug-likeness (QED) is 0.516. The van der Waals surface area contributed by atoms with Gasteiger partial charge >= 0.3 is 0 Å². The average Bonchev–Trinajstić information content (AvgIpc) is 3.13. The number of fused-ring (bicyclic) bond motifs is 1. The van der Waals surface area contributed by atoms with Crippen LogP contribution in [0.25, 0.3) is 10.9 Å². The lowest BCUT2D eigenvalue weighted by Crippen LogP contribution is -2.56. The Morgan fingerprint density at radius 3 is 2.64 bits per heavy atom. The maximum absolute atomic E-state index is 13.5. The van der Waals surface area contributed by atoms with Gasteiger partial charge in [-0.1, -0.05) is 11.6 Å². The van der Waals surface area contributed by atoms with Crippen LogP contribution in [0.15, 0.2) is 24.5 Å². The van der Waals surface area contributed by atoms with Gasteiger partial charge in [0.2, 0.25) is 5.95 Å². The van der Waals surface area contributed by atoms with Crippen LogP contribution in [-0.2, 0) is 4.74 Å². The molecule has 1 aromatic carbocycles. The Balaban J connectivity index is 1.20. The highest BCUT2D eigenvalue weighted by atomic mass is 35.5. The molecule has 36 heavy (non-hydrogen) atoms. The first-order valence-electron chi connectivity index (χ1n) is 12.3. The second kappa shape index (κ2) is 8.58. The monoisotopic (exact) mass is 518 g/mol. The molecule has 3 aromatic rings. The van der Waals surface area contributed by atoms with Crippen molar-refractivity contribution in [3.05, 3.63) is 40.8 Å². The van der Waals surface area contributed by atoms with E-state index < -0.39 is 18.1 Å². The number of likely N-dealkylation sites (tertiary alicyclic amines) is 1. The van der Waals surface area contributed by atoms with Crippen LogP contribution in [0.4, 0.5) is 20.4 Å². The topological polar surface area (TPSA) is 88.3 Å². The van der Waals surface area contributed by atoms with Crippen molar-refractivity contribution in [2.75, 3.05) is 31.6 Å². The lowest BCUT2D eigenvalue weighted by atomic mass is 9.85. The highest BCUT2D eigenvalue weighted by Crippen LogP contribution is 2.53. The van der Waals surface area contributed by atoms with E-state index in [0.29, 0.717) is 35.6 Å². The van der Waals surface area contributed by atoms with Gasteiger partial charge in [0.15, 0.2) is 0 Å². The van der Waals surface area contributed by atoms with Crippen molar-refractivity contribution in [3.8, 4) is 0 Å². The number of aliphatic hydroxyl groups is 1. The minimum Gasteiger partial charge on any atom is -0.389 e. The minimum absolute atomic E-state index is 0.183. The van der Waals surface area contributed by atoms with Crippen LogP contribution in [0.1, 0.15) is 49.4 Å². The first-order valence-corrected chi connectivity index (χ1v) is 12.7. The van der Waals surface area contributed by atoms with E-state index in [2.05, 4.69) is 32.2 Å². The van der Waals surface area contributed by atoms with Gasteiger partial charge in [0, 0.05) is 23.0 Å². The van der Waals surface area contributed by atoms with Crippen LogP contribution >= 0.6 is 11.6 Å². The molecule has 0 spiro atoms. The zero-order valence-corrected chi connectivity index (χ0v) is 21.0. The molecular weight excluding hydrogens is 490 g/mol. The molecule has 3 fully saturated rings. The lowest BCUT2D eigenvalue weighted by Gasteiger charge is -2.43. The fourth-order valence-electron chi connectivity index (χ4n) is 5.54. The third-order valence-electron chi connectivity index (χ3n) is 8.12. The van der Waals surface area contributed by atoms with E-state index in [0.717, 1.165) is 42.4 Å². The van der Waals surface area contributed by atoms with Gasteiger partial charge < -0.3 is 15.2 Å². The number of nitrogens with one attached hydrogen (secondary N) is 1. The normalized spacial score (nSPS) is 28.6. The third kappa shape index (κ3) is 4.04. The molecule has 192 valence electrons. The van der Waals surface area contributed by atoms with E-state index in [1.54, 1.807) is 13.1 Å². The summed E-state index contributed by atoms with van der Waals surface area (Å²) < 4.78 is 33.9. The van der Waals surface area contributed by atoms with Crippen molar-refractivity contribution >= 4 is 34.1 Å². The number of piperidine rings is 1. The Hall–Kier alpha value is -2.40. The highest BCUT2D eigenvalue weighted by Gasteiger charge is 2.59. The molecule has 1 saturated carbocycles. The fraction of sp³-hybridized carbons (Fsp3) is 0.560. The van der Waals surface area contributed by atoms with Crippen molar-refractivity contribution in [3.63, 3.8) is 0 Å². The van der Waals surface area contributed by atoms with Crippen molar-refractivity contribution < 1.29 is 18.6 Å². The molecule has 4 heterocycles. The number of rotatable bonds is 5. The second-order valence-corrected chi connectivity index (χ2v) is 10.9. The first-order chi connectivity index (χ1) is 17.2. The Bertz CT molecular complexity index is 1310. The summed E-state index contributed by atoms with van der Waals surface area (Å²) in [6.07, 6.45) is 4.43. The lowest BCUT2D eigenvalue weighted by molar-refractivity contribution is -0.00211. The largest absolute Gasteiger partial charge is 0.389 e. The van der Waals surface area contributed by atoms with Crippen molar-refractivity contribution in [2.24, 2.45) is 0 Å². The predicted octanol–water partition coefficient (Wildman–Crippen LogP) is 4.44. The average molecular weight is 519 g/mol. The molecule has 1 aliphatic carbocycles. The molecule has 2 aliphatic heterocycles. The van der Waals surface area contributed by atoms with E-state index in [9.17, 15) is 13.9 Å². The zero-order valence-electron chi connectivity index (χ0n) is 20.2. The van der Waals surface area contributed by atoms with E-state index in [1.807, 2.05) is 12.1 Å². The molecule has 0 amide bonds. The van der Waals surface area contributed by atoms with E-state index in [1.165, 1.54) is 10.9 Å². The summed E-state index contributed by atoms with van der Waals surface area (Å²) in [5.41, 5.74) is 2.70. The molecule has 0 bridgehead atoms. The van der Waals surface area contributed by atoms with Gasteiger partial charge in [0.1, 0.15) is 6.04 Å². The first kappa shape index (κ1) is 24.0. The molecule has 2 saturated heterocycles. The Labute approximate surface area is 212 Å². The summed E-state index contributed by atoms with van der Waals surface area (Å²) >= 11 is 6.69. The molecule has 3 aliphatic rings. The van der Waals surface area contributed by atoms with Crippen LogP contribution in [0.2, 0.25) is 5.02 Å². The summed E-state index contributed by atoms with van der Waals surface area (Å²) in [5.74, 6) is -2.03. The fourth-order valence-corrected chi connectivity index (χ4v) is 5.87. The molecule has 2 N–H and O–H groups in total. The zero-order chi connectivity index (χ0) is 25.2. The molecule has 11 heteroatoms. The molecule has 6 rings (SSSR count). The van der Waals surface area contributed by atoms with Crippen LogP contribution in [-0.4, -0.2) is 73.6 Å². The number of nitrogens with zero attached hydrogens (tertiary/aromatic N) is 5. The number of benzene rings is 1. The van der Waals surface area contributed by atoms with E-state index in [-0.39, 0.29) is 17.9 Å². The summed E-state index contributed by atoms with van der Waals surface area (Å²) in [7, 11) is 0. The van der Waals surface area contributed by atoms with Crippen LogP contribution in [0.5, 0.6) is 0 Å². The van der Waals surface area contributed by atoms with Crippen molar-refractivity contribution in [2.45, 2.75) is 62.6 Å². The van der Waals surface area contributed by atoms with Gasteiger partial charge in [-0.25, -0.2) is 18.7 Å². The Morgan fingerprint density at radius 2 is 1.97 bits per heavy atom. The molecule has 3 atom stereocenters. The van der Waals surface area contributed by atoms with Crippen LogP contribution < -0.4 is 5.32 Å². The second-order valence-electron chi connectivity index (χ2n) is 10.5. The summed E-state index contributed by atoms with van der Waals surface area (Å²) in [6.45, 7) is 6.47. The number of ether oxygens (including phenoxy) is 1. The standard InChI is InChI=1S/C25H29ClF2N6O2/c1-14-20(11-30-34(14)21-9-25(21,27)28)32-23-29-10-16-7-18(26)17(8-19(16)31-23)15-3-5-33(6-4-15)24(2)13-36-12-22(24)35/h7-8,10-11,15,21-22,35H,3-6,9,12-13H2,1-2H3,(H,29,31,32)/t21?,22-,24+/m0/s1. The summed E-state index contributed by atoms with van der Waals surface area (Å²) in [6, 6.07) is 3.05. The smallest absolute Gasteiger partial charge is 0.272 e. The van der Waals surface area contributed by atoms with Gasteiger partial charge in [-0.05, 0) is 63.4 Å². The Kier molecular flexibility index (Phi) is 5.71.